The minimum absolute atomic E-state index is 0.227. The van der Waals surface area contributed by atoms with Crippen LogP contribution in [0.15, 0.2) is 48.5 Å². The lowest BCUT2D eigenvalue weighted by molar-refractivity contribution is 0.0903. The number of rotatable bonds is 6. The average Bonchev–Trinajstić information content (AvgIpc) is 2.67. The maximum atomic E-state index is 12.8. The number of carbonyl (C=O) groups is 1. The summed E-state index contributed by atoms with van der Waals surface area (Å²) in [6.45, 7) is 1.44. The van der Waals surface area contributed by atoms with Crippen LogP contribution >= 0.6 is 0 Å². The number of fused-ring (bicyclic) bond motifs is 1. The Labute approximate surface area is 151 Å². The highest BCUT2D eigenvalue weighted by Crippen LogP contribution is 2.30. The van der Waals surface area contributed by atoms with E-state index in [0.717, 1.165) is 0 Å². The molecule has 6 nitrogen and oxygen atoms in total. The summed E-state index contributed by atoms with van der Waals surface area (Å²) in [4.78, 5) is 13.6. The van der Waals surface area contributed by atoms with Crippen LogP contribution in [0, 0.1) is 5.82 Å². The Morgan fingerprint density at radius 1 is 1.23 bits per heavy atom. The molecule has 1 atom stereocenters. The van der Waals surface area contributed by atoms with Crippen LogP contribution in [0.1, 0.15) is 0 Å². The van der Waals surface area contributed by atoms with E-state index in [9.17, 15) is 9.18 Å². The van der Waals surface area contributed by atoms with E-state index in [1.807, 2.05) is 24.3 Å². The minimum atomic E-state index is -0.314. The van der Waals surface area contributed by atoms with Crippen LogP contribution in [0.2, 0.25) is 0 Å². The number of hydrogen-bond donors (Lipinski definition) is 1. The third kappa shape index (κ3) is 4.78. The highest BCUT2D eigenvalue weighted by atomic mass is 19.1. The highest BCUT2D eigenvalue weighted by Gasteiger charge is 2.21. The lowest BCUT2D eigenvalue weighted by Crippen LogP contribution is -2.45. The van der Waals surface area contributed by atoms with Crippen LogP contribution in [0.3, 0.4) is 0 Å². The molecule has 26 heavy (non-hydrogen) atoms. The zero-order valence-electron chi connectivity index (χ0n) is 14.5. The number of nitrogens with one attached hydrogen (secondary N) is 1. The molecular formula is C19H21FN2O4. The van der Waals surface area contributed by atoms with Gasteiger partial charge in [0.2, 0.25) is 0 Å². The van der Waals surface area contributed by atoms with Crippen molar-refractivity contribution < 1.29 is 23.4 Å². The number of carbonyl (C=O) groups excluding carboxylic acids is 1. The van der Waals surface area contributed by atoms with Gasteiger partial charge in [0.25, 0.3) is 0 Å². The lowest BCUT2D eigenvalue weighted by Gasteiger charge is -2.27. The Morgan fingerprint density at radius 3 is 2.73 bits per heavy atom. The second-order valence-corrected chi connectivity index (χ2v) is 5.91. The molecule has 138 valence electrons. The fraction of sp³-hybridized carbons (Fsp3) is 0.316. The zero-order valence-corrected chi connectivity index (χ0v) is 14.5. The summed E-state index contributed by atoms with van der Waals surface area (Å²) in [7, 11) is 1.68. The third-order valence-electron chi connectivity index (χ3n) is 3.90. The van der Waals surface area contributed by atoms with Crippen molar-refractivity contribution in [3.63, 3.8) is 0 Å². The molecule has 2 aromatic rings. The van der Waals surface area contributed by atoms with E-state index < -0.39 is 0 Å². The summed E-state index contributed by atoms with van der Waals surface area (Å²) < 4.78 is 29.7. The van der Waals surface area contributed by atoms with Crippen LogP contribution in [0.4, 0.5) is 9.18 Å². The summed E-state index contributed by atoms with van der Waals surface area (Å²) in [5.74, 6) is 1.64. The number of benzene rings is 2. The standard InChI is InChI=1S/C19H21FN2O4/c1-22(10-11-24-15-8-6-14(20)7-9-15)19(23)21-12-16-13-25-17-4-2-3-5-18(17)26-16/h2-9,16H,10-13H2,1H3,(H,21,23). The first kappa shape index (κ1) is 17.8. The van der Waals surface area contributed by atoms with Gasteiger partial charge in [0.05, 0.1) is 13.1 Å². The first-order chi connectivity index (χ1) is 12.6. The lowest BCUT2D eigenvalue weighted by atomic mass is 10.2. The van der Waals surface area contributed by atoms with E-state index in [1.165, 1.54) is 17.0 Å². The maximum absolute atomic E-state index is 12.8. The van der Waals surface area contributed by atoms with E-state index >= 15 is 0 Å². The van der Waals surface area contributed by atoms with Gasteiger partial charge in [-0.25, -0.2) is 9.18 Å². The van der Waals surface area contributed by atoms with Gasteiger partial charge in [-0.1, -0.05) is 12.1 Å². The molecule has 1 unspecified atom stereocenters. The molecule has 0 saturated heterocycles. The quantitative estimate of drug-likeness (QED) is 0.861. The van der Waals surface area contributed by atoms with E-state index in [-0.39, 0.29) is 18.0 Å². The Morgan fingerprint density at radius 2 is 1.96 bits per heavy atom. The third-order valence-corrected chi connectivity index (χ3v) is 3.90. The summed E-state index contributed by atoms with van der Waals surface area (Å²) in [6.07, 6.45) is -0.238. The average molecular weight is 360 g/mol. The van der Waals surface area contributed by atoms with Crippen molar-refractivity contribution in [3.05, 3.63) is 54.3 Å². The second kappa shape index (κ2) is 8.42. The molecule has 0 aliphatic carbocycles. The number of hydrogen-bond acceptors (Lipinski definition) is 4. The van der Waals surface area contributed by atoms with Gasteiger partial charge in [-0.15, -0.1) is 0 Å². The van der Waals surface area contributed by atoms with Crippen molar-refractivity contribution in [2.24, 2.45) is 0 Å². The molecule has 1 N–H and O–H groups in total. The summed E-state index contributed by atoms with van der Waals surface area (Å²) in [5, 5.41) is 2.82. The molecule has 2 aromatic carbocycles. The molecule has 1 aliphatic heterocycles. The Bertz CT molecular complexity index is 739. The number of ether oxygens (including phenoxy) is 3. The number of para-hydroxylation sites is 2. The fourth-order valence-corrected chi connectivity index (χ4v) is 2.43. The smallest absolute Gasteiger partial charge is 0.317 e. The van der Waals surface area contributed by atoms with Gasteiger partial charge < -0.3 is 24.4 Å². The number of nitrogens with zero attached hydrogens (tertiary/aromatic N) is 1. The van der Waals surface area contributed by atoms with Crippen LogP contribution in [0.5, 0.6) is 17.2 Å². The monoisotopic (exact) mass is 360 g/mol. The maximum Gasteiger partial charge on any atom is 0.317 e. The Balaban J connectivity index is 1.37. The van der Waals surface area contributed by atoms with Gasteiger partial charge >= 0.3 is 6.03 Å². The summed E-state index contributed by atoms with van der Waals surface area (Å²) >= 11 is 0. The van der Waals surface area contributed by atoms with Gasteiger partial charge in [-0.3, -0.25) is 0 Å². The largest absolute Gasteiger partial charge is 0.492 e. The van der Waals surface area contributed by atoms with Crippen molar-refractivity contribution in [2.75, 3.05) is 33.4 Å². The summed E-state index contributed by atoms with van der Waals surface area (Å²) in [6, 6.07) is 13.0. The first-order valence-electron chi connectivity index (χ1n) is 8.37. The van der Waals surface area contributed by atoms with Crippen molar-refractivity contribution in [1.29, 1.82) is 0 Å². The fourth-order valence-electron chi connectivity index (χ4n) is 2.43. The molecule has 0 spiro atoms. The van der Waals surface area contributed by atoms with Gasteiger partial charge in [0.1, 0.15) is 24.8 Å². The van der Waals surface area contributed by atoms with Crippen molar-refractivity contribution in [1.82, 2.24) is 10.2 Å². The Kier molecular flexibility index (Phi) is 5.78. The van der Waals surface area contributed by atoms with Crippen molar-refractivity contribution >= 4 is 6.03 Å². The van der Waals surface area contributed by atoms with E-state index in [1.54, 1.807) is 19.2 Å². The minimum Gasteiger partial charge on any atom is -0.492 e. The van der Waals surface area contributed by atoms with Gasteiger partial charge in [0, 0.05) is 7.05 Å². The molecule has 1 aliphatic rings. The molecule has 7 heteroatoms. The van der Waals surface area contributed by atoms with Gasteiger partial charge in [-0.05, 0) is 36.4 Å². The molecular weight excluding hydrogens is 339 g/mol. The van der Waals surface area contributed by atoms with Crippen molar-refractivity contribution in [2.45, 2.75) is 6.10 Å². The van der Waals surface area contributed by atoms with E-state index in [4.69, 9.17) is 14.2 Å². The van der Waals surface area contributed by atoms with E-state index in [0.29, 0.717) is 43.6 Å². The molecule has 0 saturated carbocycles. The zero-order chi connectivity index (χ0) is 18.4. The molecule has 1 heterocycles. The van der Waals surface area contributed by atoms with Crippen LogP contribution in [-0.2, 0) is 0 Å². The second-order valence-electron chi connectivity index (χ2n) is 5.91. The molecule has 0 radical (unpaired) electrons. The first-order valence-corrected chi connectivity index (χ1v) is 8.37. The van der Waals surface area contributed by atoms with Gasteiger partial charge in [-0.2, -0.15) is 0 Å². The molecule has 3 rings (SSSR count). The number of amides is 2. The SMILES string of the molecule is CN(CCOc1ccc(F)cc1)C(=O)NCC1COc2ccccc2O1. The normalized spacial score (nSPS) is 15.2. The molecule has 0 bridgehead atoms. The van der Waals surface area contributed by atoms with Crippen LogP contribution in [-0.4, -0.2) is 50.4 Å². The highest BCUT2D eigenvalue weighted by molar-refractivity contribution is 5.73. The van der Waals surface area contributed by atoms with Gasteiger partial charge in [0.15, 0.2) is 17.6 Å². The van der Waals surface area contributed by atoms with E-state index in [2.05, 4.69) is 5.32 Å². The van der Waals surface area contributed by atoms with Crippen LogP contribution in [0.25, 0.3) is 0 Å². The number of likely N-dealkylation sites (N-methyl/N-ethyl adjacent to an activating group) is 1. The molecule has 0 fully saturated rings. The molecule has 2 amide bonds. The molecule has 0 aromatic heterocycles. The number of urea groups is 1. The van der Waals surface area contributed by atoms with Crippen molar-refractivity contribution in [3.8, 4) is 17.2 Å². The van der Waals surface area contributed by atoms with Crippen LogP contribution < -0.4 is 19.5 Å². The predicted octanol–water partition coefficient (Wildman–Crippen LogP) is 2.69. The summed E-state index contributed by atoms with van der Waals surface area (Å²) in [5.41, 5.74) is 0. The predicted molar refractivity (Wildman–Crippen MR) is 94.3 cm³/mol. The number of halogens is 1. The Hall–Kier alpha value is -2.96. The topological polar surface area (TPSA) is 60.0 Å².